The molecule has 0 heterocycles. The van der Waals surface area contributed by atoms with Gasteiger partial charge in [0.25, 0.3) is 0 Å². The van der Waals surface area contributed by atoms with Crippen molar-refractivity contribution in [1.82, 2.24) is 0 Å². The highest BCUT2D eigenvalue weighted by Gasteiger charge is 2.19. The van der Waals surface area contributed by atoms with Gasteiger partial charge in [0.2, 0.25) is 0 Å². The standard InChI is InChI=1S/C14H22O3/c1-8-9(2)13(16)11(10(3)12(8)15)6-7-14(4,5)17/h15-17H,6-7H2,1-5H3. The van der Waals surface area contributed by atoms with Gasteiger partial charge in [0, 0.05) is 5.56 Å². The van der Waals surface area contributed by atoms with Crippen molar-refractivity contribution in [1.29, 1.82) is 0 Å². The van der Waals surface area contributed by atoms with Crippen LogP contribution in [-0.4, -0.2) is 20.9 Å². The van der Waals surface area contributed by atoms with Gasteiger partial charge in [-0.3, -0.25) is 0 Å². The van der Waals surface area contributed by atoms with Crippen LogP contribution in [0, 0.1) is 20.8 Å². The summed E-state index contributed by atoms with van der Waals surface area (Å²) in [6.45, 7) is 8.84. The Labute approximate surface area is 103 Å². The van der Waals surface area contributed by atoms with E-state index in [0.717, 1.165) is 5.56 Å². The summed E-state index contributed by atoms with van der Waals surface area (Å²) in [6, 6.07) is 0. The fraction of sp³-hybridized carbons (Fsp3) is 0.571. The smallest absolute Gasteiger partial charge is 0.122 e. The quantitative estimate of drug-likeness (QED) is 0.710. The van der Waals surface area contributed by atoms with E-state index in [1.54, 1.807) is 34.6 Å². The zero-order valence-corrected chi connectivity index (χ0v) is 11.3. The summed E-state index contributed by atoms with van der Waals surface area (Å²) < 4.78 is 0. The van der Waals surface area contributed by atoms with Crippen molar-refractivity contribution in [2.75, 3.05) is 0 Å². The first-order valence-corrected chi connectivity index (χ1v) is 5.88. The maximum atomic E-state index is 10.1. The maximum Gasteiger partial charge on any atom is 0.122 e. The van der Waals surface area contributed by atoms with Crippen LogP contribution in [0.2, 0.25) is 0 Å². The number of rotatable bonds is 3. The summed E-state index contributed by atoms with van der Waals surface area (Å²) in [5.74, 6) is 0.480. The summed E-state index contributed by atoms with van der Waals surface area (Å²) in [6.07, 6.45) is 1.10. The van der Waals surface area contributed by atoms with Crippen molar-refractivity contribution in [2.45, 2.75) is 53.1 Å². The summed E-state index contributed by atoms with van der Waals surface area (Å²) in [5, 5.41) is 29.7. The molecule has 3 nitrogen and oxygen atoms in total. The van der Waals surface area contributed by atoms with E-state index in [0.29, 0.717) is 29.5 Å². The molecule has 0 saturated carbocycles. The first kappa shape index (κ1) is 13.8. The molecular formula is C14H22O3. The third-order valence-corrected chi connectivity index (χ3v) is 3.35. The summed E-state index contributed by atoms with van der Waals surface area (Å²) in [4.78, 5) is 0. The molecule has 0 aromatic heterocycles. The number of aliphatic hydroxyl groups is 1. The predicted molar refractivity (Wildman–Crippen MR) is 68.6 cm³/mol. The number of phenolic OH excluding ortho intramolecular Hbond substituents is 2. The van der Waals surface area contributed by atoms with Gasteiger partial charge in [-0.25, -0.2) is 0 Å². The highest BCUT2D eigenvalue weighted by molar-refractivity contribution is 5.56. The van der Waals surface area contributed by atoms with Crippen molar-refractivity contribution in [3.63, 3.8) is 0 Å². The molecule has 96 valence electrons. The second-order valence-electron chi connectivity index (χ2n) is 5.36. The Morgan fingerprint density at radius 3 is 1.82 bits per heavy atom. The monoisotopic (exact) mass is 238 g/mol. The number of aromatic hydroxyl groups is 2. The van der Waals surface area contributed by atoms with Gasteiger partial charge < -0.3 is 15.3 Å². The number of phenols is 2. The Morgan fingerprint density at radius 1 is 0.882 bits per heavy atom. The zero-order valence-electron chi connectivity index (χ0n) is 11.3. The van der Waals surface area contributed by atoms with Gasteiger partial charge in [0.1, 0.15) is 11.5 Å². The Bertz CT molecular complexity index is 399. The van der Waals surface area contributed by atoms with E-state index < -0.39 is 5.60 Å². The average Bonchev–Trinajstić information content (AvgIpc) is 2.22. The van der Waals surface area contributed by atoms with E-state index in [2.05, 4.69) is 0 Å². The van der Waals surface area contributed by atoms with E-state index in [-0.39, 0.29) is 11.5 Å². The minimum absolute atomic E-state index is 0.238. The molecule has 0 aliphatic heterocycles. The number of benzene rings is 1. The molecule has 0 fully saturated rings. The largest absolute Gasteiger partial charge is 0.507 e. The van der Waals surface area contributed by atoms with Crippen LogP contribution in [0.4, 0.5) is 0 Å². The van der Waals surface area contributed by atoms with E-state index >= 15 is 0 Å². The molecule has 0 bridgehead atoms. The second kappa shape index (κ2) is 4.57. The molecule has 0 amide bonds. The lowest BCUT2D eigenvalue weighted by Crippen LogP contribution is -2.19. The van der Waals surface area contributed by atoms with Gasteiger partial charge in [-0.2, -0.15) is 0 Å². The SMILES string of the molecule is Cc1c(C)c(O)c(CCC(C)(C)O)c(C)c1O. The number of hydrogen-bond donors (Lipinski definition) is 3. The Kier molecular flexibility index (Phi) is 3.72. The molecular weight excluding hydrogens is 216 g/mol. The van der Waals surface area contributed by atoms with Crippen molar-refractivity contribution >= 4 is 0 Å². The lowest BCUT2D eigenvalue weighted by atomic mass is 9.91. The van der Waals surface area contributed by atoms with Crippen molar-refractivity contribution in [2.24, 2.45) is 0 Å². The van der Waals surface area contributed by atoms with Crippen molar-refractivity contribution in [3.05, 3.63) is 22.3 Å². The fourth-order valence-corrected chi connectivity index (χ4v) is 1.92. The van der Waals surface area contributed by atoms with Crippen LogP contribution in [0.15, 0.2) is 0 Å². The molecule has 3 N–H and O–H groups in total. The summed E-state index contributed by atoms with van der Waals surface area (Å²) in [7, 11) is 0. The van der Waals surface area contributed by atoms with Gasteiger partial charge in [0.05, 0.1) is 5.60 Å². The highest BCUT2D eigenvalue weighted by atomic mass is 16.3. The Hall–Kier alpha value is -1.22. The molecule has 1 rings (SSSR count). The normalized spacial score (nSPS) is 11.9. The highest BCUT2D eigenvalue weighted by Crippen LogP contribution is 2.37. The van der Waals surface area contributed by atoms with Crippen LogP contribution in [0.5, 0.6) is 11.5 Å². The van der Waals surface area contributed by atoms with Crippen LogP contribution < -0.4 is 0 Å². The molecule has 0 spiro atoms. The molecule has 3 heteroatoms. The minimum Gasteiger partial charge on any atom is -0.507 e. The van der Waals surface area contributed by atoms with Gasteiger partial charge in [-0.1, -0.05) is 0 Å². The van der Waals surface area contributed by atoms with E-state index in [1.165, 1.54) is 0 Å². The van der Waals surface area contributed by atoms with Crippen LogP contribution in [0.25, 0.3) is 0 Å². The average molecular weight is 238 g/mol. The Balaban J connectivity index is 3.16. The molecule has 17 heavy (non-hydrogen) atoms. The Morgan fingerprint density at radius 2 is 1.35 bits per heavy atom. The van der Waals surface area contributed by atoms with Gasteiger partial charge in [-0.15, -0.1) is 0 Å². The summed E-state index contributed by atoms with van der Waals surface area (Å²) in [5.41, 5.74) is 2.08. The minimum atomic E-state index is -0.771. The molecule has 0 atom stereocenters. The summed E-state index contributed by atoms with van der Waals surface area (Å²) >= 11 is 0. The molecule has 1 aromatic rings. The van der Waals surface area contributed by atoms with Crippen LogP contribution >= 0.6 is 0 Å². The van der Waals surface area contributed by atoms with E-state index in [4.69, 9.17) is 0 Å². The van der Waals surface area contributed by atoms with E-state index in [1.807, 2.05) is 0 Å². The fourth-order valence-electron chi connectivity index (χ4n) is 1.92. The van der Waals surface area contributed by atoms with Gasteiger partial charge >= 0.3 is 0 Å². The molecule has 0 saturated heterocycles. The number of hydrogen-bond acceptors (Lipinski definition) is 3. The molecule has 0 aliphatic rings. The third kappa shape index (κ3) is 2.91. The van der Waals surface area contributed by atoms with E-state index in [9.17, 15) is 15.3 Å². The first-order valence-electron chi connectivity index (χ1n) is 5.88. The second-order valence-corrected chi connectivity index (χ2v) is 5.36. The van der Waals surface area contributed by atoms with Crippen molar-refractivity contribution < 1.29 is 15.3 Å². The third-order valence-electron chi connectivity index (χ3n) is 3.35. The molecule has 0 aliphatic carbocycles. The molecule has 0 unspecified atom stereocenters. The first-order chi connectivity index (χ1) is 7.65. The predicted octanol–water partition coefficient (Wildman–Crippen LogP) is 2.73. The van der Waals surface area contributed by atoms with Gasteiger partial charge in [0.15, 0.2) is 0 Å². The topological polar surface area (TPSA) is 60.7 Å². The lowest BCUT2D eigenvalue weighted by Gasteiger charge is -2.20. The maximum absolute atomic E-state index is 10.1. The van der Waals surface area contributed by atoms with Crippen LogP contribution in [-0.2, 0) is 6.42 Å². The van der Waals surface area contributed by atoms with Gasteiger partial charge in [-0.05, 0) is 64.2 Å². The van der Waals surface area contributed by atoms with Crippen molar-refractivity contribution in [3.8, 4) is 11.5 Å². The molecule has 1 aromatic carbocycles. The van der Waals surface area contributed by atoms with Crippen LogP contribution in [0.3, 0.4) is 0 Å². The van der Waals surface area contributed by atoms with Crippen LogP contribution in [0.1, 0.15) is 42.5 Å². The lowest BCUT2D eigenvalue weighted by molar-refractivity contribution is 0.0712. The molecule has 0 radical (unpaired) electrons. The zero-order chi connectivity index (χ0) is 13.4.